The third-order valence-corrected chi connectivity index (χ3v) is 6.12. The third kappa shape index (κ3) is 3.41. The molecule has 0 saturated carbocycles. The number of thiophene rings is 1. The molecule has 0 radical (unpaired) electrons. The molecule has 2 N–H and O–H groups in total. The van der Waals surface area contributed by atoms with Crippen molar-refractivity contribution in [3.05, 3.63) is 45.2 Å². The summed E-state index contributed by atoms with van der Waals surface area (Å²) in [4.78, 5) is 0. The zero-order chi connectivity index (χ0) is 14.8. The second-order valence-corrected chi connectivity index (χ2v) is 7.93. The number of nitrogens with one attached hydrogen (secondary N) is 1. The van der Waals surface area contributed by atoms with Crippen LogP contribution < -0.4 is 4.72 Å². The lowest BCUT2D eigenvalue weighted by atomic mass is 10.1. The average molecular weight is 376 g/mol. The van der Waals surface area contributed by atoms with Crippen LogP contribution in [0.3, 0.4) is 0 Å². The van der Waals surface area contributed by atoms with Gasteiger partial charge in [0.2, 0.25) is 0 Å². The molecule has 7 heteroatoms. The summed E-state index contributed by atoms with van der Waals surface area (Å²) in [5.74, 6) is 0. The summed E-state index contributed by atoms with van der Waals surface area (Å²) >= 11 is 4.47. The fourth-order valence-corrected chi connectivity index (χ4v) is 4.44. The summed E-state index contributed by atoms with van der Waals surface area (Å²) in [6, 6.07) is 6.91. The van der Waals surface area contributed by atoms with Gasteiger partial charge in [0, 0.05) is 4.47 Å². The second kappa shape index (κ2) is 6.26. The van der Waals surface area contributed by atoms with E-state index in [-0.39, 0.29) is 10.8 Å². The molecule has 1 aromatic carbocycles. The van der Waals surface area contributed by atoms with Gasteiger partial charge in [0.05, 0.1) is 12.3 Å². The van der Waals surface area contributed by atoms with Crippen LogP contribution in [-0.2, 0) is 23.1 Å². The van der Waals surface area contributed by atoms with Crippen molar-refractivity contribution in [3.63, 3.8) is 0 Å². The molecule has 108 valence electrons. The molecule has 2 rings (SSSR count). The van der Waals surface area contributed by atoms with Crippen LogP contribution in [0.15, 0.2) is 38.3 Å². The van der Waals surface area contributed by atoms with Crippen molar-refractivity contribution >= 4 is 43.0 Å². The van der Waals surface area contributed by atoms with Crippen LogP contribution in [0, 0.1) is 0 Å². The lowest BCUT2D eigenvalue weighted by molar-refractivity contribution is 0.282. The fourth-order valence-electron chi connectivity index (χ4n) is 1.73. The van der Waals surface area contributed by atoms with Crippen molar-refractivity contribution in [1.82, 2.24) is 0 Å². The summed E-state index contributed by atoms with van der Waals surface area (Å²) in [5, 5.41) is 10.6. The average Bonchev–Trinajstić information content (AvgIpc) is 2.90. The Labute approximate surface area is 130 Å². The van der Waals surface area contributed by atoms with Crippen molar-refractivity contribution in [2.24, 2.45) is 0 Å². The Balaban J connectivity index is 2.33. The monoisotopic (exact) mass is 375 g/mol. The maximum absolute atomic E-state index is 12.3. The highest BCUT2D eigenvalue weighted by Gasteiger charge is 2.18. The summed E-state index contributed by atoms with van der Waals surface area (Å²) in [6.07, 6.45) is 0.726. The van der Waals surface area contributed by atoms with E-state index in [1.165, 1.54) is 6.07 Å². The number of hydrogen-bond donors (Lipinski definition) is 2. The molecule has 1 aromatic heterocycles. The van der Waals surface area contributed by atoms with E-state index in [9.17, 15) is 8.42 Å². The van der Waals surface area contributed by atoms with Gasteiger partial charge >= 0.3 is 0 Å². The number of anilines is 1. The van der Waals surface area contributed by atoms with Gasteiger partial charge in [-0.1, -0.05) is 22.9 Å². The van der Waals surface area contributed by atoms with Gasteiger partial charge in [-0.15, -0.1) is 11.3 Å². The molecule has 0 saturated heterocycles. The molecule has 0 spiro atoms. The summed E-state index contributed by atoms with van der Waals surface area (Å²) in [5.41, 5.74) is 2.10. The number of benzene rings is 1. The summed E-state index contributed by atoms with van der Waals surface area (Å²) in [6.45, 7) is 1.80. The normalized spacial score (nSPS) is 11.6. The first-order valence-electron chi connectivity index (χ1n) is 5.95. The first kappa shape index (κ1) is 15.5. The molecule has 1 heterocycles. The third-order valence-electron chi connectivity index (χ3n) is 2.77. The number of halogens is 1. The Morgan fingerprint density at radius 2 is 2.10 bits per heavy atom. The van der Waals surface area contributed by atoms with Gasteiger partial charge in [0.15, 0.2) is 0 Å². The summed E-state index contributed by atoms with van der Waals surface area (Å²) in [7, 11) is -3.61. The number of aliphatic hydroxyl groups excluding tert-OH is 1. The predicted octanol–water partition coefficient (Wildman–Crippen LogP) is 3.37. The number of hydrogen-bond acceptors (Lipinski definition) is 4. The Morgan fingerprint density at radius 1 is 1.35 bits per heavy atom. The topological polar surface area (TPSA) is 66.4 Å². The minimum absolute atomic E-state index is 0.162. The molecule has 0 atom stereocenters. The zero-order valence-electron chi connectivity index (χ0n) is 10.8. The van der Waals surface area contributed by atoms with Crippen molar-refractivity contribution in [2.75, 3.05) is 4.72 Å². The lowest BCUT2D eigenvalue weighted by Crippen LogP contribution is -2.12. The summed E-state index contributed by atoms with van der Waals surface area (Å²) < 4.78 is 28.3. The molecule has 0 bridgehead atoms. The van der Waals surface area contributed by atoms with Crippen molar-refractivity contribution in [1.29, 1.82) is 0 Å². The Bertz CT molecular complexity index is 710. The van der Waals surface area contributed by atoms with Gasteiger partial charge < -0.3 is 5.11 Å². The highest BCUT2D eigenvalue weighted by molar-refractivity contribution is 9.10. The maximum Gasteiger partial charge on any atom is 0.271 e. The van der Waals surface area contributed by atoms with E-state index in [4.69, 9.17) is 5.11 Å². The zero-order valence-corrected chi connectivity index (χ0v) is 14.0. The van der Waals surface area contributed by atoms with Crippen LogP contribution in [0.2, 0.25) is 0 Å². The highest BCUT2D eigenvalue weighted by Crippen LogP contribution is 2.27. The maximum atomic E-state index is 12.3. The van der Waals surface area contributed by atoms with E-state index < -0.39 is 10.0 Å². The first-order chi connectivity index (χ1) is 9.46. The van der Waals surface area contributed by atoms with Crippen LogP contribution in [0.5, 0.6) is 0 Å². The van der Waals surface area contributed by atoms with Crippen LogP contribution >= 0.6 is 27.3 Å². The second-order valence-electron chi connectivity index (χ2n) is 4.19. The molecular weight excluding hydrogens is 362 g/mol. The van der Waals surface area contributed by atoms with Gasteiger partial charge in [-0.3, -0.25) is 4.72 Å². The van der Waals surface area contributed by atoms with Gasteiger partial charge in [0.25, 0.3) is 10.0 Å². The first-order valence-corrected chi connectivity index (χ1v) is 9.11. The van der Waals surface area contributed by atoms with Crippen molar-refractivity contribution in [2.45, 2.75) is 24.2 Å². The predicted molar refractivity (Wildman–Crippen MR) is 84.6 cm³/mol. The minimum atomic E-state index is -3.61. The van der Waals surface area contributed by atoms with E-state index in [2.05, 4.69) is 20.7 Å². The van der Waals surface area contributed by atoms with E-state index in [1.54, 1.807) is 17.5 Å². The number of sulfonamides is 1. The van der Waals surface area contributed by atoms with Crippen molar-refractivity contribution in [3.8, 4) is 0 Å². The number of aryl methyl sites for hydroxylation is 1. The van der Waals surface area contributed by atoms with Crippen LogP contribution in [-0.4, -0.2) is 13.5 Å². The minimum Gasteiger partial charge on any atom is -0.392 e. The Morgan fingerprint density at radius 3 is 2.70 bits per heavy atom. The smallest absolute Gasteiger partial charge is 0.271 e. The largest absolute Gasteiger partial charge is 0.392 e. The standard InChI is InChI=1S/C13H14BrNO3S2/c1-2-10-6-11(14)3-4-12(10)15-20(17,18)13-5-9(7-16)8-19-13/h3-6,8,15-16H,2,7H2,1H3. The van der Waals surface area contributed by atoms with Gasteiger partial charge in [-0.2, -0.15) is 0 Å². The molecule has 0 aliphatic rings. The van der Waals surface area contributed by atoms with Crippen LogP contribution in [0.4, 0.5) is 5.69 Å². The Kier molecular flexibility index (Phi) is 4.85. The van der Waals surface area contributed by atoms with E-state index in [0.29, 0.717) is 11.3 Å². The Hall–Kier alpha value is -0.890. The molecule has 0 fully saturated rings. The quantitative estimate of drug-likeness (QED) is 0.841. The van der Waals surface area contributed by atoms with Crippen LogP contribution in [0.1, 0.15) is 18.1 Å². The van der Waals surface area contributed by atoms with E-state index in [0.717, 1.165) is 27.8 Å². The van der Waals surface area contributed by atoms with Gasteiger partial charge in [-0.25, -0.2) is 8.42 Å². The molecule has 0 amide bonds. The van der Waals surface area contributed by atoms with E-state index >= 15 is 0 Å². The van der Waals surface area contributed by atoms with E-state index in [1.807, 2.05) is 13.0 Å². The molecule has 20 heavy (non-hydrogen) atoms. The van der Waals surface area contributed by atoms with Gasteiger partial charge in [-0.05, 0) is 47.2 Å². The fraction of sp³-hybridized carbons (Fsp3) is 0.231. The number of rotatable bonds is 5. The molecule has 4 nitrogen and oxygen atoms in total. The molecule has 0 aliphatic carbocycles. The molecule has 0 unspecified atom stereocenters. The van der Waals surface area contributed by atoms with Crippen LogP contribution in [0.25, 0.3) is 0 Å². The highest BCUT2D eigenvalue weighted by atomic mass is 79.9. The van der Waals surface area contributed by atoms with Gasteiger partial charge in [0.1, 0.15) is 4.21 Å². The van der Waals surface area contributed by atoms with Crippen molar-refractivity contribution < 1.29 is 13.5 Å². The SMILES string of the molecule is CCc1cc(Br)ccc1NS(=O)(=O)c1cc(CO)cs1. The molecule has 0 aliphatic heterocycles. The molecule has 2 aromatic rings. The number of aliphatic hydroxyl groups is 1. The lowest BCUT2D eigenvalue weighted by Gasteiger charge is -2.11. The molecular formula is C13H14BrNO3S2.